The summed E-state index contributed by atoms with van der Waals surface area (Å²) < 4.78 is 20.1. The van der Waals surface area contributed by atoms with Gasteiger partial charge in [0.1, 0.15) is 17.2 Å². The van der Waals surface area contributed by atoms with Crippen LogP contribution in [0, 0.1) is 13.8 Å². The number of fused-ring (bicyclic) bond motifs is 6. The number of hydrogen-bond acceptors (Lipinski definition) is 7. The Morgan fingerprint density at radius 1 is 1.00 bits per heavy atom. The van der Waals surface area contributed by atoms with Gasteiger partial charge < -0.3 is 29.5 Å². The van der Waals surface area contributed by atoms with Crippen LogP contribution in [0.2, 0.25) is 0 Å². The number of carbonyl (C=O) groups excluding carboxylic acids is 2. The third-order valence-corrected chi connectivity index (χ3v) is 8.77. The van der Waals surface area contributed by atoms with E-state index in [0.29, 0.717) is 61.1 Å². The van der Waals surface area contributed by atoms with Crippen LogP contribution in [0.1, 0.15) is 61.3 Å². The lowest BCUT2D eigenvalue weighted by molar-refractivity contribution is 0.0693. The van der Waals surface area contributed by atoms with Gasteiger partial charge in [-0.1, -0.05) is 12.1 Å². The molecular formula is C38H36N4O6. The van der Waals surface area contributed by atoms with Crippen LogP contribution in [-0.4, -0.2) is 58.4 Å². The van der Waals surface area contributed by atoms with E-state index >= 15 is 0 Å². The third kappa shape index (κ3) is 5.92. The Labute approximate surface area is 278 Å². The first-order chi connectivity index (χ1) is 23.3. The minimum atomic E-state index is -0.429. The predicted molar refractivity (Wildman–Crippen MR) is 180 cm³/mol. The van der Waals surface area contributed by atoms with Crippen LogP contribution in [-0.2, 0) is 6.42 Å². The molecule has 3 aliphatic rings. The highest BCUT2D eigenvalue weighted by Crippen LogP contribution is 2.43. The number of aryl methyl sites for hydroxylation is 2. The van der Waals surface area contributed by atoms with Gasteiger partial charge in [0, 0.05) is 24.3 Å². The van der Waals surface area contributed by atoms with Crippen molar-refractivity contribution in [3.05, 3.63) is 124 Å². The molecule has 0 radical (unpaired) electrons. The number of nitrogens with zero attached hydrogens (tertiary/aromatic N) is 3. The van der Waals surface area contributed by atoms with Gasteiger partial charge in [0.15, 0.2) is 11.5 Å². The number of rotatable bonds is 3. The van der Waals surface area contributed by atoms with Crippen molar-refractivity contribution in [1.29, 1.82) is 0 Å². The third-order valence-electron chi connectivity index (χ3n) is 8.77. The van der Waals surface area contributed by atoms with Crippen molar-refractivity contribution in [2.75, 3.05) is 26.8 Å². The van der Waals surface area contributed by atoms with E-state index in [9.17, 15) is 14.7 Å². The number of benzene rings is 4. The van der Waals surface area contributed by atoms with E-state index in [1.807, 2.05) is 90.2 Å². The molecule has 5 aromatic rings. The molecule has 10 nitrogen and oxygen atoms in total. The van der Waals surface area contributed by atoms with Crippen molar-refractivity contribution in [2.24, 2.45) is 0 Å². The molecule has 1 atom stereocenters. The molecule has 0 spiro atoms. The zero-order valence-electron chi connectivity index (χ0n) is 27.0. The first-order valence-electron chi connectivity index (χ1n) is 16.0. The van der Waals surface area contributed by atoms with E-state index in [0.717, 1.165) is 33.8 Å². The average Bonchev–Trinajstić information content (AvgIpc) is 3.44. The molecule has 48 heavy (non-hydrogen) atoms. The fourth-order valence-corrected chi connectivity index (χ4v) is 6.47. The molecule has 4 heterocycles. The number of aromatic hydroxyl groups is 1. The zero-order valence-corrected chi connectivity index (χ0v) is 27.0. The van der Waals surface area contributed by atoms with Crippen molar-refractivity contribution in [1.82, 2.24) is 20.0 Å². The quantitative estimate of drug-likeness (QED) is 0.237. The van der Waals surface area contributed by atoms with Gasteiger partial charge in [-0.15, -0.1) is 0 Å². The summed E-state index contributed by atoms with van der Waals surface area (Å²) in [5.74, 6) is 1.32. The van der Waals surface area contributed by atoms with Crippen LogP contribution >= 0.6 is 0 Å². The number of phenolic OH excluding ortho intramolecular Hbond substituents is 1. The highest BCUT2D eigenvalue weighted by molar-refractivity contribution is 5.97. The summed E-state index contributed by atoms with van der Waals surface area (Å²) in [5, 5.41) is 17.8. The molecule has 8 rings (SSSR count). The van der Waals surface area contributed by atoms with E-state index in [4.69, 9.17) is 14.2 Å². The summed E-state index contributed by atoms with van der Waals surface area (Å²) in [6, 6.07) is 25.3. The van der Waals surface area contributed by atoms with Gasteiger partial charge >= 0.3 is 0 Å². The van der Waals surface area contributed by atoms with E-state index in [-0.39, 0.29) is 17.2 Å². The van der Waals surface area contributed by atoms with Gasteiger partial charge in [0.25, 0.3) is 11.8 Å². The lowest BCUT2D eigenvalue weighted by Crippen LogP contribution is -2.40. The number of amides is 2. The molecule has 10 heteroatoms. The Kier molecular flexibility index (Phi) is 8.22. The van der Waals surface area contributed by atoms with Crippen molar-refractivity contribution in [3.8, 4) is 34.4 Å². The van der Waals surface area contributed by atoms with Crippen molar-refractivity contribution in [2.45, 2.75) is 32.7 Å². The largest absolute Gasteiger partial charge is 0.507 e. The molecule has 1 aromatic heterocycles. The SMILES string of the molecule is COc1cc2c3cc1Oc1ccc(O)c(c1)C(=O)NCCCOc1cccc(c1)C2N(C(=O)c1ccc(-n2nc(C)cc2C)cc1)CC3. The van der Waals surface area contributed by atoms with E-state index in [2.05, 4.69) is 10.4 Å². The fraction of sp³-hybridized carbons (Fsp3) is 0.237. The van der Waals surface area contributed by atoms with Crippen LogP contribution < -0.4 is 19.5 Å². The number of methoxy groups -OCH3 is 1. The average molecular weight is 645 g/mol. The lowest BCUT2D eigenvalue weighted by atomic mass is 9.87. The van der Waals surface area contributed by atoms with Crippen LogP contribution in [0.3, 0.4) is 0 Å². The molecule has 1 unspecified atom stereocenters. The topological polar surface area (TPSA) is 115 Å². The predicted octanol–water partition coefficient (Wildman–Crippen LogP) is 6.30. The Morgan fingerprint density at radius 3 is 2.60 bits per heavy atom. The molecule has 8 bridgehead atoms. The maximum atomic E-state index is 14.3. The molecule has 244 valence electrons. The number of nitrogens with one attached hydrogen (secondary N) is 1. The van der Waals surface area contributed by atoms with E-state index in [1.165, 1.54) is 12.1 Å². The summed E-state index contributed by atoms with van der Waals surface area (Å²) in [6.45, 7) is 5.15. The normalized spacial score (nSPS) is 15.9. The maximum Gasteiger partial charge on any atom is 0.255 e. The monoisotopic (exact) mass is 644 g/mol. The fourth-order valence-electron chi connectivity index (χ4n) is 6.47. The van der Waals surface area contributed by atoms with Gasteiger partial charge in [0.05, 0.1) is 36.7 Å². The minimum Gasteiger partial charge on any atom is -0.507 e. The second-order valence-corrected chi connectivity index (χ2v) is 12.1. The second kappa shape index (κ2) is 12.8. The number of aromatic nitrogens is 2. The molecule has 0 saturated carbocycles. The summed E-state index contributed by atoms with van der Waals surface area (Å²) in [6.07, 6.45) is 1.14. The summed E-state index contributed by atoms with van der Waals surface area (Å²) >= 11 is 0. The second-order valence-electron chi connectivity index (χ2n) is 12.1. The highest BCUT2D eigenvalue weighted by atomic mass is 16.5. The molecule has 2 amide bonds. The van der Waals surface area contributed by atoms with Crippen molar-refractivity contribution < 1.29 is 28.9 Å². The molecule has 0 fully saturated rings. The maximum absolute atomic E-state index is 14.3. The smallest absolute Gasteiger partial charge is 0.255 e. The molecule has 4 aromatic carbocycles. The van der Waals surface area contributed by atoms with Gasteiger partial charge in [-0.05, 0) is 116 Å². The van der Waals surface area contributed by atoms with Gasteiger partial charge in [-0.25, -0.2) is 4.68 Å². The van der Waals surface area contributed by atoms with Crippen LogP contribution in [0.25, 0.3) is 5.69 Å². The van der Waals surface area contributed by atoms with Crippen LogP contribution in [0.15, 0.2) is 84.9 Å². The standard InChI is InChI=1S/C38H36N4O6/c1-23-18-24(2)42(40-23)28-10-8-25(9-11-28)38(45)41-16-14-26-20-35-34(46-3)22-31(26)36(41)27-6-4-7-29(19-27)47-17-5-15-39-37(44)32-21-30(48-35)12-13-33(32)43/h4,6-13,18-22,36,43H,5,14-17H2,1-3H3,(H,39,44). The number of phenols is 1. The van der Waals surface area contributed by atoms with Crippen LogP contribution in [0.4, 0.5) is 0 Å². The number of carbonyl (C=O) groups is 2. The Balaban J connectivity index is 1.30. The highest BCUT2D eigenvalue weighted by Gasteiger charge is 2.34. The molecular weight excluding hydrogens is 608 g/mol. The van der Waals surface area contributed by atoms with E-state index in [1.54, 1.807) is 13.2 Å². The summed E-state index contributed by atoms with van der Waals surface area (Å²) in [7, 11) is 1.57. The Hall–Kier alpha value is -5.77. The minimum absolute atomic E-state index is 0.0920. The van der Waals surface area contributed by atoms with E-state index < -0.39 is 11.9 Å². The molecule has 3 aliphatic heterocycles. The van der Waals surface area contributed by atoms with Gasteiger partial charge in [-0.3, -0.25) is 9.59 Å². The van der Waals surface area contributed by atoms with Crippen molar-refractivity contribution in [3.63, 3.8) is 0 Å². The first kappa shape index (κ1) is 30.9. The molecule has 0 saturated heterocycles. The van der Waals surface area contributed by atoms with Crippen LogP contribution in [0.5, 0.6) is 28.7 Å². The zero-order chi connectivity index (χ0) is 33.4. The summed E-state index contributed by atoms with van der Waals surface area (Å²) in [5.41, 5.74) is 6.34. The molecule has 2 N–H and O–H groups in total. The lowest BCUT2D eigenvalue weighted by Gasteiger charge is -2.38. The van der Waals surface area contributed by atoms with Gasteiger partial charge in [-0.2, -0.15) is 5.10 Å². The molecule has 0 aliphatic carbocycles. The summed E-state index contributed by atoms with van der Waals surface area (Å²) in [4.78, 5) is 29.1. The first-order valence-corrected chi connectivity index (χ1v) is 16.0. The van der Waals surface area contributed by atoms with Gasteiger partial charge in [0.2, 0.25) is 0 Å². The Bertz CT molecular complexity index is 2020. The number of hydrogen-bond donors (Lipinski definition) is 2. The number of ether oxygens (including phenoxy) is 3. The van der Waals surface area contributed by atoms with Crippen molar-refractivity contribution >= 4 is 11.8 Å². The Morgan fingerprint density at radius 2 is 1.83 bits per heavy atom.